The first-order valence-corrected chi connectivity index (χ1v) is 7.68. The molecule has 19 heavy (non-hydrogen) atoms. The van der Waals surface area contributed by atoms with Gasteiger partial charge in [-0.2, -0.15) is 0 Å². The summed E-state index contributed by atoms with van der Waals surface area (Å²) in [4.78, 5) is 0. The molecule has 0 fully saturated rings. The van der Waals surface area contributed by atoms with Crippen LogP contribution in [0.5, 0.6) is 0 Å². The average molecular weight is 366 g/mol. The molecule has 0 aliphatic rings. The van der Waals surface area contributed by atoms with Crippen LogP contribution < -0.4 is 11.1 Å². The standard InChI is InChI=1S/C16H19IN2/c1-2-3-4-12-5-8-14(9-6-12)19-16-10-7-13(18)11-15(16)17/h5-11,19H,2-4,18H2,1H3. The molecule has 0 aliphatic carbocycles. The fourth-order valence-corrected chi connectivity index (χ4v) is 2.60. The average Bonchev–Trinajstić information content (AvgIpc) is 2.41. The van der Waals surface area contributed by atoms with Crippen molar-refractivity contribution in [1.29, 1.82) is 0 Å². The minimum Gasteiger partial charge on any atom is -0.399 e. The largest absolute Gasteiger partial charge is 0.399 e. The number of benzene rings is 2. The third kappa shape index (κ3) is 4.13. The van der Waals surface area contributed by atoms with Gasteiger partial charge in [0.05, 0.1) is 5.69 Å². The van der Waals surface area contributed by atoms with Gasteiger partial charge in [0.1, 0.15) is 0 Å². The first-order valence-electron chi connectivity index (χ1n) is 6.60. The lowest BCUT2D eigenvalue weighted by molar-refractivity contribution is 0.795. The molecule has 0 heterocycles. The van der Waals surface area contributed by atoms with Crippen LogP contribution in [0, 0.1) is 3.57 Å². The highest BCUT2D eigenvalue weighted by Crippen LogP contribution is 2.24. The van der Waals surface area contributed by atoms with Crippen LogP contribution in [0.3, 0.4) is 0 Å². The molecule has 0 aliphatic heterocycles. The number of halogens is 1. The highest BCUT2D eigenvalue weighted by molar-refractivity contribution is 14.1. The summed E-state index contributed by atoms with van der Waals surface area (Å²) in [5, 5.41) is 3.42. The number of nitrogens with one attached hydrogen (secondary N) is 1. The van der Waals surface area contributed by atoms with Gasteiger partial charge in [-0.05, 0) is 71.3 Å². The predicted molar refractivity (Wildman–Crippen MR) is 91.9 cm³/mol. The Morgan fingerprint density at radius 3 is 2.47 bits per heavy atom. The van der Waals surface area contributed by atoms with E-state index in [4.69, 9.17) is 5.73 Å². The molecule has 0 unspecified atom stereocenters. The molecule has 2 aromatic carbocycles. The van der Waals surface area contributed by atoms with Gasteiger partial charge in [0.15, 0.2) is 0 Å². The molecule has 0 bridgehead atoms. The first-order chi connectivity index (χ1) is 9.19. The minimum atomic E-state index is 0.796. The Labute approximate surface area is 128 Å². The normalized spacial score (nSPS) is 10.4. The molecule has 100 valence electrons. The number of rotatable bonds is 5. The van der Waals surface area contributed by atoms with Crippen molar-refractivity contribution < 1.29 is 0 Å². The van der Waals surface area contributed by atoms with Gasteiger partial charge in [0.2, 0.25) is 0 Å². The fourth-order valence-electron chi connectivity index (χ4n) is 1.92. The second kappa shape index (κ2) is 6.80. The maximum Gasteiger partial charge on any atom is 0.0521 e. The molecule has 3 N–H and O–H groups in total. The zero-order chi connectivity index (χ0) is 13.7. The van der Waals surface area contributed by atoms with Gasteiger partial charge in [0.25, 0.3) is 0 Å². The number of aryl methyl sites for hydroxylation is 1. The van der Waals surface area contributed by atoms with Gasteiger partial charge >= 0.3 is 0 Å². The zero-order valence-electron chi connectivity index (χ0n) is 11.1. The summed E-state index contributed by atoms with van der Waals surface area (Å²) >= 11 is 2.30. The maximum atomic E-state index is 5.75. The fraction of sp³-hybridized carbons (Fsp3) is 0.250. The van der Waals surface area contributed by atoms with Crippen molar-refractivity contribution in [3.05, 3.63) is 51.6 Å². The SMILES string of the molecule is CCCCc1ccc(Nc2ccc(N)cc2I)cc1. The topological polar surface area (TPSA) is 38.0 Å². The molecule has 3 heteroatoms. The van der Waals surface area contributed by atoms with Crippen molar-refractivity contribution in [2.45, 2.75) is 26.2 Å². The molecule has 2 rings (SSSR count). The summed E-state index contributed by atoms with van der Waals surface area (Å²) < 4.78 is 1.13. The van der Waals surface area contributed by atoms with Crippen molar-refractivity contribution in [3.63, 3.8) is 0 Å². The Balaban J connectivity index is 2.06. The van der Waals surface area contributed by atoms with Crippen LogP contribution in [0.1, 0.15) is 25.3 Å². The van der Waals surface area contributed by atoms with Gasteiger partial charge in [-0.1, -0.05) is 25.5 Å². The number of hydrogen-bond acceptors (Lipinski definition) is 2. The number of unbranched alkanes of at least 4 members (excludes halogenated alkanes) is 1. The van der Waals surface area contributed by atoms with Crippen molar-refractivity contribution in [1.82, 2.24) is 0 Å². The van der Waals surface area contributed by atoms with Crippen LogP contribution in [0.4, 0.5) is 17.1 Å². The van der Waals surface area contributed by atoms with Gasteiger partial charge < -0.3 is 11.1 Å². The number of nitrogens with two attached hydrogens (primary N) is 1. The van der Waals surface area contributed by atoms with E-state index in [9.17, 15) is 0 Å². The van der Waals surface area contributed by atoms with Crippen LogP contribution in [0.25, 0.3) is 0 Å². The van der Waals surface area contributed by atoms with E-state index >= 15 is 0 Å². The Hall–Kier alpha value is -1.23. The summed E-state index contributed by atoms with van der Waals surface area (Å²) in [5.41, 5.74) is 10.2. The summed E-state index contributed by atoms with van der Waals surface area (Å²) in [5.74, 6) is 0. The predicted octanol–water partition coefficient (Wildman–Crippen LogP) is 4.96. The molecule has 0 atom stereocenters. The second-order valence-electron chi connectivity index (χ2n) is 4.66. The number of nitrogen functional groups attached to an aromatic ring is 1. The Morgan fingerprint density at radius 2 is 1.84 bits per heavy atom. The van der Waals surface area contributed by atoms with E-state index in [1.165, 1.54) is 18.4 Å². The molecule has 0 saturated carbocycles. The smallest absolute Gasteiger partial charge is 0.0521 e. The summed E-state index contributed by atoms with van der Waals surface area (Å²) in [7, 11) is 0. The quantitative estimate of drug-likeness (QED) is 0.580. The molecule has 0 amide bonds. The first kappa shape index (κ1) is 14.2. The second-order valence-corrected chi connectivity index (χ2v) is 5.83. The molecular weight excluding hydrogens is 347 g/mol. The lowest BCUT2D eigenvalue weighted by Crippen LogP contribution is -1.95. The molecule has 0 spiro atoms. The lowest BCUT2D eigenvalue weighted by atomic mass is 10.1. The summed E-state index contributed by atoms with van der Waals surface area (Å²) in [6.45, 7) is 2.22. The molecule has 0 radical (unpaired) electrons. The van der Waals surface area contributed by atoms with E-state index in [2.05, 4.69) is 59.1 Å². The van der Waals surface area contributed by atoms with E-state index in [-0.39, 0.29) is 0 Å². The van der Waals surface area contributed by atoms with Gasteiger partial charge in [0, 0.05) is 14.9 Å². The van der Waals surface area contributed by atoms with Crippen molar-refractivity contribution in [2.24, 2.45) is 0 Å². The monoisotopic (exact) mass is 366 g/mol. The van der Waals surface area contributed by atoms with Gasteiger partial charge in [-0.15, -0.1) is 0 Å². The third-order valence-corrected chi connectivity index (χ3v) is 3.94. The summed E-state index contributed by atoms with van der Waals surface area (Å²) in [6, 6.07) is 14.6. The Morgan fingerprint density at radius 1 is 1.11 bits per heavy atom. The number of hydrogen-bond donors (Lipinski definition) is 2. The Bertz CT molecular complexity index is 535. The van der Waals surface area contributed by atoms with Crippen LogP contribution in [-0.4, -0.2) is 0 Å². The van der Waals surface area contributed by atoms with Crippen LogP contribution >= 0.6 is 22.6 Å². The van der Waals surface area contributed by atoms with Crippen LogP contribution in [0.15, 0.2) is 42.5 Å². The number of anilines is 3. The molecule has 2 aromatic rings. The minimum absolute atomic E-state index is 0.796. The zero-order valence-corrected chi connectivity index (χ0v) is 13.3. The molecule has 0 saturated heterocycles. The summed E-state index contributed by atoms with van der Waals surface area (Å²) in [6.07, 6.45) is 3.66. The third-order valence-electron chi connectivity index (χ3n) is 3.05. The van der Waals surface area contributed by atoms with Crippen LogP contribution in [-0.2, 0) is 6.42 Å². The maximum absolute atomic E-state index is 5.75. The highest BCUT2D eigenvalue weighted by Gasteiger charge is 2.01. The Kier molecular flexibility index (Phi) is 5.07. The van der Waals surface area contributed by atoms with E-state index in [0.717, 1.165) is 27.1 Å². The van der Waals surface area contributed by atoms with Crippen molar-refractivity contribution >= 4 is 39.7 Å². The van der Waals surface area contributed by atoms with Crippen LogP contribution in [0.2, 0.25) is 0 Å². The van der Waals surface area contributed by atoms with Crippen molar-refractivity contribution in [2.75, 3.05) is 11.1 Å². The van der Waals surface area contributed by atoms with E-state index in [1.54, 1.807) is 0 Å². The van der Waals surface area contributed by atoms with E-state index in [1.807, 2.05) is 18.2 Å². The highest BCUT2D eigenvalue weighted by atomic mass is 127. The van der Waals surface area contributed by atoms with E-state index in [0.29, 0.717) is 0 Å². The van der Waals surface area contributed by atoms with Gasteiger partial charge in [-0.3, -0.25) is 0 Å². The van der Waals surface area contributed by atoms with E-state index < -0.39 is 0 Å². The van der Waals surface area contributed by atoms with Crippen molar-refractivity contribution in [3.8, 4) is 0 Å². The lowest BCUT2D eigenvalue weighted by Gasteiger charge is -2.10. The molecule has 0 aromatic heterocycles. The molecule has 2 nitrogen and oxygen atoms in total. The molecular formula is C16H19IN2. The van der Waals surface area contributed by atoms with Gasteiger partial charge in [-0.25, -0.2) is 0 Å².